The zero-order chi connectivity index (χ0) is 24.2. The number of benzene rings is 1. The van der Waals surface area contributed by atoms with E-state index in [0.717, 1.165) is 61.1 Å². The minimum absolute atomic E-state index is 0.0122. The number of hydrogen-bond donors (Lipinski definition) is 1. The second kappa shape index (κ2) is 10.7. The molecule has 0 saturated carbocycles. The zero-order valence-electron chi connectivity index (χ0n) is 19.9. The first-order valence-corrected chi connectivity index (χ1v) is 13.2. The maximum absolute atomic E-state index is 13.0. The number of rotatable bonds is 7. The first-order chi connectivity index (χ1) is 17.1. The minimum Gasteiger partial charge on any atom is -0.347 e. The lowest BCUT2D eigenvalue weighted by molar-refractivity contribution is -0.134. The molecule has 2 aromatic heterocycles. The molecule has 0 atom stereocenters. The number of nitrogens with zero attached hydrogens (tertiary/aromatic N) is 4. The summed E-state index contributed by atoms with van der Waals surface area (Å²) in [6.07, 6.45) is 5.90. The molecule has 35 heavy (non-hydrogen) atoms. The van der Waals surface area contributed by atoms with E-state index in [-0.39, 0.29) is 36.9 Å². The van der Waals surface area contributed by atoms with Crippen LogP contribution in [-0.4, -0.2) is 63.9 Å². The average Bonchev–Trinajstić information content (AvgIpc) is 3.27. The van der Waals surface area contributed by atoms with Gasteiger partial charge in [-0.1, -0.05) is 30.3 Å². The Morgan fingerprint density at radius 2 is 1.80 bits per heavy atom. The smallest absolute Gasteiger partial charge is 0.262 e. The molecule has 1 fully saturated rings. The molecule has 1 saturated heterocycles. The van der Waals surface area contributed by atoms with Gasteiger partial charge in [0.2, 0.25) is 11.8 Å². The van der Waals surface area contributed by atoms with E-state index in [9.17, 15) is 14.4 Å². The van der Waals surface area contributed by atoms with Crippen LogP contribution in [0, 0.1) is 0 Å². The van der Waals surface area contributed by atoms with E-state index in [1.54, 1.807) is 17.7 Å². The Bertz CT molecular complexity index is 1260. The molecular formula is C26H31N5O3S. The molecule has 0 radical (unpaired) electrons. The Labute approximate surface area is 208 Å². The van der Waals surface area contributed by atoms with Crippen molar-refractivity contribution in [3.8, 4) is 0 Å². The summed E-state index contributed by atoms with van der Waals surface area (Å²) in [4.78, 5) is 48.7. The summed E-state index contributed by atoms with van der Waals surface area (Å²) in [5.74, 6) is -0.303. The predicted octanol–water partition coefficient (Wildman–Crippen LogP) is 2.19. The van der Waals surface area contributed by atoms with Gasteiger partial charge in [-0.2, -0.15) is 0 Å². The molecule has 0 unspecified atom stereocenters. The fraction of sp³-hybridized carbons (Fsp3) is 0.462. The third-order valence-corrected chi connectivity index (χ3v) is 8.13. The maximum atomic E-state index is 13.0. The molecule has 1 N–H and O–H groups in total. The Kier molecular flexibility index (Phi) is 7.24. The minimum atomic E-state index is -0.236. The van der Waals surface area contributed by atoms with Gasteiger partial charge in [-0.15, -0.1) is 11.3 Å². The third-order valence-electron chi connectivity index (χ3n) is 6.93. The lowest BCUT2D eigenvalue weighted by atomic mass is 9.97. The molecule has 184 valence electrons. The second-order valence-electron chi connectivity index (χ2n) is 9.30. The topological polar surface area (TPSA) is 87.5 Å². The van der Waals surface area contributed by atoms with Crippen LogP contribution in [0.25, 0.3) is 10.2 Å². The molecule has 1 aliphatic carbocycles. The molecule has 2 amide bonds. The predicted molar refractivity (Wildman–Crippen MR) is 136 cm³/mol. The van der Waals surface area contributed by atoms with Crippen molar-refractivity contribution in [2.24, 2.45) is 0 Å². The van der Waals surface area contributed by atoms with Gasteiger partial charge in [0.25, 0.3) is 5.56 Å². The molecule has 5 rings (SSSR count). The number of piperazine rings is 1. The van der Waals surface area contributed by atoms with Crippen molar-refractivity contribution >= 4 is 33.4 Å². The fourth-order valence-corrected chi connectivity index (χ4v) is 6.15. The third kappa shape index (κ3) is 5.46. The van der Waals surface area contributed by atoms with E-state index in [0.29, 0.717) is 13.1 Å². The SMILES string of the molecule is O=C(CCn1cnc2sc3c(c2c1=O)CCCC3)NCC(=O)N1CCN(Cc2ccccc2)CC1. The molecule has 1 aromatic carbocycles. The van der Waals surface area contributed by atoms with Crippen LogP contribution >= 0.6 is 11.3 Å². The van der Waals surface area contributed by atoms with Gasteiger partial charge in [0, 0.05) is 50.6 Å². The van der Waals surface area contributed by atoms with Gasteiger partial charge < -0.3 is 10.2 Å². The summed E-state index contributed by atoms with van der Waals surface area (Å²) >= 11 is 1.62. The number of aryl methyl sites for hydroxylation is 3. The van der Waals surface area contributed by atoms with Crippen LogP contribution in [0.5, 0.6) is 0 Å². The van der Waals surface area contributed by atoms with Crippen LogP contribution in [0.4, 0.5) is 0 Å². The highest BCUT2D eigenvalue weighted by molar-refractivity contribution is 7.18. The summed E-state index contributed by atoms with van der Waals surface area (Å²) in [7, 11) is 0. The Morgan fingerprint density at radius 1 is 1.03 bits per heavy atom. The second-order valence-corrected chi connectivity index (χ2v) is 10.4. The van der Waals surface area contributed by atoms with Crippen molar-refractivity contribution in [2.75, 3.05) is 32.7 Å². The van der Waals surface area contributed by atoms with Crippen molar-refractivity contribution in [3.05, 3.63) is 63.0 Å². The number of nitrogens with one attached hydrogen (secondary N) is 1. The molecule has 9 heteroatoms. The average molecular weight is 494 g/mol. The highest BCUT2D eigenvalue weighted by Gasteiger charge is 2.22. The monoisotopic (exact) mass is 493 g/mol. The highest BCUT2D eigenvalue weighted by atomic mass is 32.1. The van der Waals surface area contributed by atoms with Crippen molar-refractivity contribution < 1.29 is 9.59 Å². The van der Waals surface area contributed by atoms with Crippen molar-refractivity contribution in [2.45, 2.75) is 45.2 Å². The number of hydrogen-bond acceptors (Lipinski definition) is 6. The Hall–Kier alpha value is -3.04. The number of aromatic nitrogens is 2. The van der Waals surface area contributed by atoms with Crippen LogP contribution < -0.4 is 10.9 Å². The summed E-state index contributed by atoms with van der Waals surface area (Å²) in [5, 5.41) is 3.46. The van der Waals surface area contributed by atoms with Gasteiger partial charge in [0.05, 0.1) is 18.3 Å². The first kappa shape index (κ1) is 23.7. The molecule has 3 heterocycles. The van der Waals surface area contributed by atoms with Gasteiger partial charge in [-0.3, -0.25) is 23.9 Å². The van der Waals surface area contributed by atoms with E-state index < -0.39 is 0 Å². The molecule has 1 aliphatic heterocycles. The molecule has 0 spiro atoms. The lowest BCUT2D eigenvalue weighted by Crippen LogP contribution is -2.50. The number of amides is 2. The largest absolute Gasteiger partial charge is 0.347 e. The van der Waals surface area contributed by atoms with Crippen LogP contribution in [0.2, 0.25) is 0 Å². The number of fused-ring (bicyclic) bond motifs is 3. The molecular weight excluding hydrogens is 462 g/mol. The van der Waals surface area contributed by atoms with Crippen LogP contribution in [0.3, 0.4) is 0 Å². The van der Waals surface area contributed by atoms with Gasteiger partial charge >= 0.3 is 0 Å². The summed E-state index contributed by atoms with van der Waals surface area (Å²) in [6, 6.07) is 10.3. The zero-order valence-corrected chi connectivity index (χ0v) is 20.7. The van der Waals surface area contributed by atoms with Crippen LogP contribution in [0.1, 0.15) is 35.3 Å². The van der Waals surface area contributed by atoms with Crippen molar-refractivity contribution in [1.82, 2.24) is 24.7 Å². The number of carbonyl (C=O) groups excluding carboxylic acids is 2. The standard InChI is InChI=1S/C26H31N5O3S/c32-22(10-11-31-18-28-25-24(26(31)34)20-8-4-5-9-21(20)35-25)27-16-23(33)30-14-12-29(13-15-30)17-19-6-2-1-3-7-19/h1-3,6-7,18H,4-5,8-17H2,(H,27,32). The van der Waals surface area contributed by atoms with E-state index in [4.69, 9.17) is 0 Å². The van der Waals surface area contributed by atoms with E-state index in [1.165, 1.54) is 15.0 Å². The summed E-state index contributed by atoms with van der Waals surface area (Å²) in [6.45, 7) is 4.08. The Balaban J connectivity index is 1.08. The molecule has 3 aromatic rings. The van der Waals surface area contributed by atoms with E-state index >= 15 is 0 Å². The Morgan fingerprint density at radius 3 is 2.60 bits per heavy atom. The van der Waals surface area contributed by atoms with Gasteiger partial charge in [0.1, 0.15) is 4.83 Å². The number of carbonyl (C=O) groups is 2. The normalized spacial score (nSPS) is 16.3. The van der Waals surface area contributed by atoms with E-state index in [2.05, 4.69) is 27.3 Å². The van der Waals surface area contributed by atoms with Crippen LogP contribution in [-0.2, 0) is 35.5 Å². The highest BCUT2D eigenvalue weighted by Crippen LogP contribution is 2.33. The summed E-state index contributed by atoms with van der Waals surface area (Å²) < 4.78 is 1.53. The first-order valence-electron chi connectivity index (χ1n) is 12.4. The molecule has 0 bridgehead atoms. The van der Waals surface area contributed by atoms with Crippen molar-refractivity contribution in [3.63, 3.8) is 0 Å². The van der Waals surface area contributed by atoms with Crippen molar-refractivity contribution in [1.29, 1.82) is 0 Å². The lowest BCUT2D eigenvalue weighted by Gasteiger charge is -2.34. The fourth-order valence-electron chi connectivity index (χ4n) is 4.93. The van der Waals surface area contributed by atoms with Gasteiger partial charge in [-0.05, 0) is 36.8 Å². The summed E-state index contributed by atoms with van der Waals surface area (Å²) in [5.41, 5.74) is 2.36. The molecule has 8 nitrogen and oxygen atoms in total. The van der Waals surface area contributed by atoms with Crippen LogP contribution in [0.15, 0.2) is 41.5 Å². The van der Waals surface area contributed by atoms with E-state index in [1.807, 2.05) is 23.1 Å². The molecule has 2 aliphatic rings. The van der Waals surface area contributed by atoms with Gasteiger partial charge in [0.15, 0.2) is 0 Å². The number of thiophene rings is 1. The quantitative estimate of drug-likeness (QED) is 0.545. The maximum Gasteiger partial charge on any atom is 0.262 e. The van der Waals surface area contributed by atoms with Gasteiger partial charge in [-0.25, -0.2) is 4.98 Å².